The molecule has 2 aliphatic heterocycles. The number of halogens is 1. The van der Waals surface area contributed by atoms with Crippen molar-refractivity contribution in [1.29, 1.82) is 0 Å². The van der Waals surface area contributed by atoms with Crippen LogP contribution in [0.25, 0.3) is 0 Å². The zero-order chi connectivity index (χ0) is 31.3. The van der Waals surface area contributed by atoms with E-state index in [4.69, 9.17) is 30.5 Å². The van der Waals surface area contributed by atoms with Crippen molar-refractivity contribution in [3.05, 3.63) is 28.3 Å². The molecule has 232 valence electrons. The monoisotopic (exact) mass is 607 g/mol. The van der Waals surface area contributed by atoms with Gasteiger partial charge in [0.05, 0.1) is 18.7 Å². The Morgan fingerprint density at radius 2 is 1.60 bits per heavy atom. The van der Waals surface area contributed by atoms with Crippen molar-refractivity contribution in [1.82, 2.24) is 15.1 Å². The highest BCUT2D eigenvalue weighted by atomic mass is 35.5. The average molecular weight is 608 g/mol. The van der Waals surface area contributed by atoms with E-state index < -0.39 is 46.5 Å². The minimum absolute atomic E-state index is 0.0495. The van der Waals surface area contributed by atoms with Gasteiger partial charge in [-0.05, 0) is 90.5 Å². The third kappa shape index (κ3) is 6.17. The molecule has 1 atom stereocenters. The second kappa shape index (κ2) is 11.2. The van der Waals surface area contributed by atoms with Gasteiger partial charge in [0.15, 0.2) is 0 Å². The molecule has 3 aliphatic rings. The fourth-order valence-corrected chi connectivity index (χ4v) is 6.51. The van der Waals surface area contributed by atoms with Crippen LogP contribution in [0, 0.1) is 5.92 Å². The molecule has 1 aromatic rings. The lowest BCUT2D eigenvalue weighted by Crippen LogP contribution is -2.59. The van der Waals surface area contributed by atoms with Crippen molar-refractivity contribution >= 4 is 35.8 Å². The van der Waals surface area contributed by atoms with Crippen LogP contribution in [0.2, 0.25) is 5.02 Å². The normalized spacial score (nSPS) is 24.9. The molecule has 0 unspecified atom stereocenters. The molecule has 1 N–H and O–H groups in total. The lowest BCUT2D eigenvalue weighted by Gasteiger charge is -2.49. The number of hydrogen-bond acceptors (Lipinski definition) is 9. The standard InChI is InChI=1S/C30H42ClN3O8/c1-18(17-40-26(38)42-28(5,6)7)15-33-16-19-13-21(31)22(39-8)14-20(19)29(33)9-11-30(12-10-29)23(35)32-24(36)34(30)25(37)41-27(2,3)4/h13-14,18H,9-12,15-17H2,1-8H3,(H,32,35,36)/t18-,29?,30?/m1/s1. The van der Waals surface area contributed by atoms with Gasteiger partial charge < -0.3 is 18.9 Å². The molecule has 1 aliphatic carbocycles. The molecule has 4 rings (SSSR count). The molecule has 42 heavy (non-hydrogen) atoms. The topological polar surface area (TPSA) is 124 Å². The Kier molecular flexibility index (Phi) is 8.52. The van der Waals surface area contributed by atoms with Gasteiger partial charge in [-0.15, -0.1) is 0 Å². The van der Waals surface area contributed by atoms with Crippen molar-refractivity contribution in [2.75, 3.05) is 20.3 Å². The lowest BCUT2D eigenvalue weighted by atomic mass is 9.68. The Morgan fingerprint density at radius 3 is 2.17 bits per heavy atom. The molecular formula is C30H42ClN3O8. The average Bonchev–Trinajstić information content (AvgIpc) is 3.26. The lowest BCUT2D eigenvalue weighted by molar-refractivity contribution is -0.130. The van der Waals surface area contributed by atoms with E-state index in [2.05, 4.69) is 10.2 Å². The van der Waals surface area contributed by atoms with Crippen LogP contribution in [0.15, 0.2) is 12.1 Å². The van der Waals surface area contributed by atoms with Crippen LogP contribution in [-0.4, -0.2) is 71.0 Å². The van der Waals surface area contributed by atoms with E-state index in [9.17, 15) is 19.2 Å². The largest absolute Gasteiger partial charge is 0.508 e. The number of benzene rings is 1. The van der Waals surface area contributed by atoms with Crippen LogP contribution in [0.1, 0.15) is 85.3 Å². The quantitative estimate of drug-likeness (QED) is 0.329. The Hall–Kier alpha value is -3.05. The number of carbonyl (C=O) groups excluding carboxylic acids is 4. The number of urea groups is 1. The van der Waals surface area contributed by atoms with Crippen LogP contribution in [0.3, 0.4) is 0 Å². The van der Waals surface area contributed by atoms with E-state index in [-0.39, 0.29) is 25.4 Å². The van der Waals surface area contributed by atoms with Gasteiger partial charge >= 0.3 is 18.3 Å². The second-order valence-electron chi connectivity index (χ2n) is 13.5. The number of rotatable bonds is 5. The van der Waals surface area contributed by atoms with Crippen molar-refractivity contribution in [2.24, 2.45) is 5.92 Å². The van der Waals surface area contributed by atoms with Crippen molar-refractivity contribution in [2.45, 2.75) is 103 Å². The fraction of sp³-hybridized carbons (Fsp3) is 0.667. The van der Waals surface area contributed by atoms with E-state index in [1.807, 2.05) is 19.1 Å². The minimum Gasteiger partial charge on any atom is -0.495 e. The van der Waals surface area contributed by atoms with E-state index in [1.165, 1.54) is 0 Å². The molecule has 2 spiro atoms. The molecular weight excluding hydrogens is 566 g/mol. The van der Waals surface area contributed by atoms with E-state index >= 15 is 0 Å². The Labute approximate surface area is 252 Å². The predicted molar refractivity (Wildman–Crippen MR) is 154 cm³/mol. The maximum atomic E-state index is 13.3. The highest BCUT2D eigenvalue weighted by Crippen LogP contribution is 2.54. The summed E-state index contributed by atoms with van der Waals surface area (Å²) in [6.45, 7) is 13.8. The van der Waals surface area contributed by atoms with Crippen LogP contribution in [0.5, 0.6) is 5.75 Å². The molecule has 4 amide bonds. The number of carbonyl (C=O) groups is 4. The van der Waals surface area contributed by atoms with Gasteiger partial charge in [-0.1, -0.05) is 18.5 Å². The van der Waals surface area contributed by atoms with Gasteiger partial charge in [-0.25, -0.2) is 19.3 Å². The third-order valence-corrected chi connectivity index (χ3v) is 8.30. The van der Waals surface area contributed by atoms with E-state index in [0.717, 1.165) is 16.0 Å². The summed E-state index contributed by atoms with van der Waals surface area (Å²) >= 11 is 6.50. The summed E-state index contributed by atoms with van der Waals surface area (Å²) < 4.78 is 21.7. The second-order valence-corrected chi connectivity index (χ2v) is 14.0. The van der Waals surface area contributed by atoms with E-state index in [0.29, 0.717) is 36.7 Å². The summed E-state index contributed by atoms with van der Waals surface area (Å²) in [7, 11) is 1.56. The predicted octanol–water partition coefficient (Wildman–Crippen LogP) is 5.75. The van der Waals surface area contributed by atoms with Crippen LogP contribution < -0.4 is 10.1 Å². The molecule has 0 aromatic heterocycles. The molecule has 0 radical (unpaired) electrons. The first kappa shape index (κ1) is 31.9. The van der Waals surface area contributed by atoms with Gasteiger partial charge in [0, 0.05) is 24.5 Å². The molecule has 12 heteroatoms. The molecule has 0 bridgehead atoms. The zero-order valence-corrected chi connectivity index (χ0v) is 26.5. The Bertz CT molecular complexity index is 1260. The highest BCUT2D eigenvalue weighted by molar-refractivity contribution is 6.32. The van der Waals surface area contributed by atoms with Crippen molar-refractivity contribution < 1.29 is 38.1 Å². The molecule has 1 saturated heterocycles. The number of amides is 4. The maximum absolute atomic E-state index is 13.3. The molecule has 2 fully saturated rings. The maximum Gasteiger partial charge on any atom is 0.508 e. The third-order valence-electron chi connectivity index (χ3n) is 8.01. The fourth-order valence-electron chi connectivity index (χ4n) is 6.24. The minimum atomic E-state index is -1.35. The van der Waals surface area contributed by atoms with Crippen molar-refractivity contribution in [3.8, 4) is 5.75 Å². The van der Waals surface area contributed by atoms with Crippen LogP contribution >= 0.6 is 11.6 Å². The summed E-state index contributed by atoms with van der Waals surface area (Å²) in [6, 6.07) is 3.08. The summed E-state index contributed by atoms with van der Waals surface area (Å²) in [4.78, 5) is 54.7. The molecule has 1 saturated carbocycles. The first-order valence-electron chi connectivity index (χ1n) is 14.3. The molecule has 2 heterocycles. The van der Waals surface area contributed by atoms with Gasteiger partial charge in [0.25, 0.3) is 5.91 Å². The SMILES string of the molecule is COc1cc2c(cc1Cl)CN(C[C@@H](C)COC(=O)OC(C)(C)C)C21CCC2(CC1)C(=O)NC(=O)N2C(=O)OC(C)(C)C. The number of ether oxygens (including phenoxy) is 4. The first-order valence-corrected chi connectivity index (χ1v) is 14.6. The first-order chi connectivity index (χ1) is 19.4. The smallest absolute Gasteiger partial charge is 0.495 e. The number of methoxy groups -OCH3 is 1. The van der Waals surface area contributed by atoms with Gasteiger partial charge in [-0.2, -0.15) is 0 Å². The van der Waals surface area contributed by atoms with Gasteiger partial charge in [0.1, 0.15) is 22.5 Å². The molecule has 1 aromatic carbocycles. The highest BCUT2D eigenvalue weighted by Gasteiger charge is 2.62. The summed E-state index contributed by atoms with van der Waals surface area (Å²) in [5, 5.41) is 2.84. The Morgan fingerprint density at radius 1 is 1.00 bits per heavy atom. The number of imide groups is 2. The van der Waals surface area contributed by atoms with Crippen LogP contribution in [-0.2, 0) is 31.1 Å². The van der Waals surface area contributed by atoms with Gasteiger partial charge in [-0.3, -0.25) is 15.0 Å². The summed E-state index contributed by atoms with van der Waals surface area (Å²) in [5.74, 6) is -0.000205. The number of hydrogen-bond donors (Lipinski definition) is 1. The molecule has 11 nitrogen and oxygen atoms in total. The number of fused-ring (bicyclic) bond motifs is 2. The summed E-state index contributed by atoms with van der Waals surface area (Å²) in [6.07, 6.45) is -0.119. The summed E-state index contributed by atoms with van der Waals surface area (Å²) in [5.41, 5.74) is -1.29. The van der Waals surface area contributed by atoms with Gasteiger partial charge in [0.2, 0.25) is 0 Å². The van der Waals surface area contributed by atoms with Crippen molar-refractivity contribution in [3.63, 3.8) is 0 Å². The Balaban J connectivity index is 1.61. The number of nitrogens with zero attached hydrogens (tertiary/aromatic N) is 2. The van der Waals surface area contributed by atoms with E-state index in [1.54, 1.807) is 48.7 Å². The number of nitrogens with one attached hydrogen (secondary N) is 1. The zero-order valence-electron chi connectivity index (χ0n) is 25.7. The van der Waals surface area contributed by atoms with Crippen LogP contribution in [0.4, 0.5) is 14.4 Å².